The maximum absolute atomic E-state index is 7.06. The maximum atomic E-state index is 7.06. The SMILES string of the molecule is Cc1c(Cl)cc(Cl)cc1[C](c1cc(Cl)cc(Cl)c1C)=[Zr]([C]1=CC=CC1)[c]1c2c(cc(C(C)(C)C)c1C(C)(C)C)-c1cc(C(C)(C)C)c(C(C)(C)C)cc1C2. The summed E-state index contributed by atoms with van der Waals surface area (Å²) in [5.74, 6) is 0. The first-order chi connectivity index (χ1) is 24.8. The van der Waals surface area contributed by atoms with Crippen molar-refractivity contribution < 1.29 is 21.3 Å². The molecule has 0 saturated carbocycles. The Morgan fingerprint density at radius 1 is 0.574 bits per heavy atom. The van der Waals surface area contributed by atoms with Gasteiger partial charge in [-0.1, -0.05) is 0 Å². The van der Waals surface area contributed by atoms with E-state index in [1.54, 1.807) is 3.27 Å². The van der Waals surface area contributed by atoms with Crippen LogP contribution in [0.25, 0.3) is 11.1 Å². The molecule has 4 aromatic rings. The van der Waals surface area contributed by atoms with E-state index in [-0.39, 0.29) is 21.7 Å². The summed E-state index contributed by atoms with van der Waals surface area (Å²) in [5, 5.41) is 2.60. The molecule has 284 valence electrons. The predicted molar refractivity (Wildman–Crippen MR) is 237 cm³/mol. The summed E-state index contributed by atoms with van der Waals surface area (Å²) in [6.45, 7) is 32.8. The Morgan fingerprint density at radius 3 is 1.50 bits per heavy atom. The standard InChI is InChI=1S/C29H41.C15H10Cl4.C5H5.Zr/c1-26(2,3)22-14-18-13-19-15-23(27(4,5)6)25(29(10,11)12)17-21(19)20(18)16-24(22)28(7,8)9;1-8-10(4-12(16)6-14(8)18)3-11-5-13(17)7-15(19)9(11)2;1-2-4-5-3-1;/h14,16-17H,13H2,1-12H3;4-7H,1-2H3;1-3H,4H2;. The van der Waals surface area contributed by atoms with Crippen molar-refractivity contribution in [3.05, 3.63) is 140 Å². The van der Waals surface area contributed by atoms with Crippen LogP contribution in [-0.2, 0) is 49.3 Å². The van der Waals surface area contributed by atoms with E-state index in [0.717, 1.165) is 35.1 Å². The van der Waals surface area contributed by atoms with Crippen LogP contribution in [0.2, 0.25) is 20.1 Å². The first-order valence-corrected chi connectivity index (χ1v) is 24.4. The molecular weight excluding hydrogens is 822 g/mol. The van der Waals surface area contributed by atoms with Gasteiger partial charge in [0.25, 0.3) is 0 Å². The zero-order chi connectivity index (χ0) is 40.0. The second kappa shape index (κ2) is 14.6. The van der Waals surface area contributed by atoms with Crippen molar-refractivity contribution in [1.82, 2.24) is 0 Å². The van der Waals surface area contributed by atoms with Gasteiger partial charge in [0, 0.05) is 0 Å². The first-order valence-electron chi connectivity index (χ1n) is 19.2. The molecule has 4 aromatic carbocycles. The molecule has 0 nitrogen and oxygen atoms in total. The average molecular weight is 878 g/mol. The monoisotopic (exact) mass is 874 g/mol. The molecule has 6 rings (SSSR count). The number of hydrogen-bond donors (Lipinski definition) is 0. The molecule has 0 spiro atoms. The van der Waals surface area contributed by atoms with Crippen molar-refractivity contribution in [3.8, 4) is 11.1 Å². The third kappa shape index (κ3) is 7.78. The molecule has 0 bridgehead atoms. The van der Waals surface area contributed by atoms with E-state index in [1.165, 1.54) is 51.0 Å². The van der Waals surface area contributed by atoms with Gasteiger partial charge in [0.2, 0.25) is 0 Å². The van der Waals surface area contributed by atoms with Crippen molar-refractivity contribution in [2.75, 3.05) is 0 Å². The molecule has 0 amide bonds. The summed E-state index contributed by atoms with van der Waals surface area (Å²) in [7, 11) is 0. The van der Waals surface area contributed by atoms with Crippen LogP contribution in [0.5, 0.6) is 0 Å². The van der Waals surface area contributed by atoms with Gasteiger partial charge in [0.1, 0.15) is 0 Å². The molecule has 2 aliphatic rings. The Hall–Kier alpha value is -1.73. The van der Waals surface area contributed by atoms with Gasteiger partial charge >= 0.3 is 356 Å². The van der Waals surface area contributed by atoms with Crippen molar-refractivity contribution in [2.45, 2.75) is 131 Å². The van der Waals surface area contributed by atoms with Gasteiger partial charge in [-0.2, -0.15) is 0 Å². The van der Waals surface area contributed by atoms with Gasteiger partial charge in [-0.15, -0.1) is 0 Å². The number of allylic oxidation sites excluding steroid dienone is 4. The van der Waals surface area contributed by atoms with E-state index in [2.05, 4.69) is 145 Å². The van der Waals surface area contributed by atoms with E-state index in [0.29, 0.717) is 20.1 Å². The van der Waals surface area contributed by atoms with E-state index in [1.807, 2.05) is 12.1 Å². The fraction of sp³-hybridized carbons (Fsp3) is 0.408. The van der Waals surface area contributed by atoms with E-state index < -0.39 is 21.3 Å². The summed E-state index contributed by atoms with van der Waals surface area (Å²) in [6, 6.07) is 15.7. The molecule has 0 atom stereocenters. The third-order valence-electron chi connectivity index (χ3n) is 11.3. The van der Waals surface area contributed by atoms with Crippen LogP contribution >= 0.6 is 46.4 Å². The van der Waals surface area contributed by atoms with E-state index in [9.17, 15) is 0 Å². The predicted octanol–water partition coefficient (Wildman–Crippen LogP) is 15.0. The summed E-state index contributed by atoms with van der Waals surface area (Å²) >= 11 is 24.7. The van der Waals surface area contributed by atoms with E-state index >= 15 is 0 Å². The summed E-state index contributed by atoms with van der Waals surface area (Å²) in [4.78, 5) is 0. The van der Waals surface area contributed by atoms with Gasteiger partial charge < -0.3 is 0 Å². The summed E-state index contributed by atoms with van der Waals surface area (Å²) in [5.41, 5.74) is 15.5. The Bertz CT molecular complexity index is 2250. The Kier molecular flexibility index (Phi) is 11.3. The second-order valence-corrected chi connectivity index (χ2v) is 27.2. The molecule has 0 heterocycles. The molecule has 5 heteroatoms. The van der Waals surface area contributed by atoms with Crippen molar-refractivity contribution in [1.29, 1.82) is 0 Å². The van der Waals surface area contributed by atoms with Crippen LogP contribution in [0.15, 0.2) is 64.0 Å². The topological polar surface area (TPSA) is 0 Å². The molecule has 0 fully saturated rings. The molecule has 2 aliphatic carbocycles. The first kappa shape index (κ1) is 41.9. The molecule has 0 saturated heterocycles. The second-order valence-electron chi connectivity index (χ2n) is 19.6. The fourth-order valence-electron chi connectivity index (χ4n) is 8.57. The van der Waals surface area contributed by atoms with Crippen molar-refractivity contribution in [2.24, 2.45) is 0 Å². The fourth-order valence-corrected chi connectivity index (χ4v) is 18.9. The van der Waals surface area contributed by atoms with Crippen LogP contribution in [0.4, 0.5) is 0 Å². The van der Waals surface area contributed by atoms with Gasteiger partial charge in [-0.25, -0.2) is 0 Å². The van der Waals surface area contributed by atoms with Crippen molar-refractivity contribution >= 4 is 52.9 Å². The molecule has 0 radical (unpaired) electrons. The van der Waals surface area contributed by atoms with Gasteiger partial charge in [0.15, 0.2) is 0 Å². The molecule has 0 unspecified atom stereocenters. The number of hydrogen-bond acceptors (Lipinski definition) is 0. The van der Waals surface area contributed by atoms with Crippen LogP contribution < -0.4 is 3.27 Å². The Balaban J connectivity index is 1.93. The Morgan fingerprint density at radius 2 is 1.06 bits per heavy atom. The minimum absolute atomic E-state index is 0.00359. The summed E-state index contributed by atoms with van der Waals surface area (Å²) < 4.78 is 4.43. The zero-order valence-corrected chi connectivity index (χ0v) is 40.2. The Labute approximate surface area is 353 Å². The molecule has 0 aromatic heterocycles. The van der Waals surface area contributed by atoms with E-state index in [4.69, 9.17) is 46.4 Å². The zero-order valence-electron chi connectivity index (χ0n) is 34.7. The van der Waals surface area contributed by atoms with Gasteiger partial charge in [-0.3, -0.25) is 0 Å². The number of benzene rings is 4. The normalized spacial score (nSPS) is 14.4. The van der Waals surface area contributed by atoms with Crippen molar-refractivity contribution in [3.63, 3.8) is 0 Å². The van der Waals surface area contributed by atoms with Gasteiger partial charge in [0.05, 0.1) is 0 Å². The van der Waals surface area contributed by atoms with Crippen LogP contribution in [0.3, 0.4) is 0 Å². The molecular formula is C49H56Cl4Zr. The average Bonchev–Trinajstić information content (AvgIpc) is 3.69. The molecule has 0 aliphatic heterocycles. The quantitative estimate of drug-likeness (QED) is 0.169. The third-order valence-corrected chi connectivity index (χ3v) is 20.1. The molecule has 0 N–H and O–H groups in total. The van der Waals surface area contributed by atoms with Crippen LogP contribution in [0, 0.1) is 13.8 Å². The number of fused-ring (bicyclic) bond motifs is 3. The van der Waals surface area contributed by atoms with Gasteiger partial charge in [-0.05, 0) is 0 Å². The number of rotatable bonds is 4. The van der Waals surface area contributed by atoms with Crippen LogP contribution in [-0.4, -0.2) is 3.21 Å². The number of halogens is 4. The minimum atomic E-state index is -3.31. The molecule has 54 heavy (non-hydrogen) atoms. The summed E-state index contributed by atoms with van der Waals surface area (Å²) in [6.07, 6.45) is 8.83. The van der Waals surface area contributed by atoms with Crippen LogP contribution in [0.1, 0.15) is 145 Å².